The number of imidazole rings is 1. The van der Waals surface area contributed by atoms with Crippen molar-refractivity contribution in [3.63, 3.8) is 0 Å². The minimum absolute atomic E-state index is 0.0499. The molecule has 1 atom stereocenters. The van der Waals surface area contributed by atoms with Crippen molar-refractivity contribution >= 4 is 6.03 Å². The van der Waals surface area contributed by atoms with Crippen LogP contribution in [0.5, 0.6) is 6.01 Å². The van der Waals surface area contributed by atoms with E-state index in [1.807, 2.05) is 0 Å². The van der Waals surface area contributed by atoms with Crippen molar-refractivity contribution < 1.29 is 18.3 Å². The molecule has 7 heteroatoms. The zero-order valence-corrected chi connectivity index (χ0v) is 10.9. The maximum atomic E-state index is 13.5. The number of hydrogen-bond acceptors (Lipinski definition) is 3. The molecular weight excluding hydrogens is 256 g/mol. The quantitative estimate of drug-likeness (QED) is 0.899. The largest absolute Gasteiger partial charge is 0.468 e. The SMILES string of the molecule is COc1nc(C)c(C2CCCC(F)(F)C2)n1C(N)=O. The minimum Gasteiger partial charge on any atom is -0.468 e. The minimum atomic E-state index is -2.70. The van der Waals surface area contributed by atoms with Crippen LogP contribution >= 0.6 is 0 Å². The first-order chi connectivity index (χ1) is 8.85. The summed E-state index contributed by atoms with van der Waals surface area (Å²) in [5.41, 5.74) is 6.26. The van der Waals surface area contributed by atoms with Crippen molar-refractivity contribution in [3.8, 4) is 6.01 Å². The summed E-state index contributed by atoms with van der Waals surface area (Å²) in [5, 5.41) is 0. The van der Waals surface area contributed by atoms with Gasteiger partial charge in [0.05, 0.1) is 18.5 Å². The average molecular weight is 273 g/mol. The Morgan fingerprint density at radius 2 is 2.26 bits per heavy atom. The maximum absolute atomic E-state index is 13.5. The van der Waals surface area contributed by atoms with Crippen molar-refractivity contribution in [2.45, 2.75) is 44.4 Å². The standard InChI is InChI=1S/C12H17F2N3O2/c1-7-9(8-4-3-5-12(13,14)6-8)17(10(15)18)11(16-7)19-2/h8H,3-6H2,1-2H3,(H2,15,18). The van der Waals surface area contributed by atoms with Gasteiger partial charge in [0.15, 0.2) is 0 Å². The van der Waals surface area contributed by atoms with Crippen LogP contribution in [0.3, 0.4) is 0 Å². The molecule has 106 valence electrons. The van der Waals surface area contributed by atoms with Gasteiger partial charge < -0.3 is 10.5 Å². The van der Waals surface area contributed by atoms with Crippen molar-refractivity contribution in [1.29, 1.82) is 0 Å². The highest BCUT2D eigenvalue weighted by Crippen LogP contribution is 2.43. The summed E-state index contributed by atoms with van der Waals surface area (Å²) in [7, 11) is 1.36. The van der Waals surface area contributed by atoms with E-state index in [0.29, 0.717) is 24.2 Å². The first-order valence-corrected chi connectivity index (χ1v) is 6.16. The molecule has 2 N–H and O–H groups in total. The lowest BCUT2D eigenvalue weighted by Gasteiger charge is -2.29. The van der Waals surface area contributed by atoms with Crippen molar-refractivity contribution in [3.05, 3.63) is 11.4 Å². The van der Waals surface area contributed by atoms with Gasteiger partial charge in [0.25, 0.3) is 0 Å². The third kappa shape index (κ3) is 2.54. The Labute approximate surface area is 109 Å². The predicted octanol–water partition coefficient (Wildman–Crippen LogP) is 2.42. The zero-order valence-electron chi connectivity index (χ0n) is 10.9. The fourth-order valence-corrected chi connectivity index (χ4v) is 2.75. The van der Waals surface area contributed by atoms with Gasteiger partial charge in [-0.25, -0.2) is 18.1 Å². The molecule has 1 aliphatic rings. The third-order valence-corrected chi connectivity index (χ3v) is 3.50. The maximum Gasteiger partial charge on any atom is 0.327 e. The van der Waals surface area contributed by atoms with E-state index < -0.39 is 17.9 Å². The zero-order chi connectivity index (χ0) is 14.2. The normalized spacial score (nSPS) is 22.2. The van der Waals surface area contributed by atoms with Crippen LogP contribution in [0.15, 0.2) is 0 Å². The van der Waals surface area contributed by atoms with E-state index in [1.54, 1.807) is 6.92 Å². The molecule has 19 heavy (non-hydrogen) atoms. The number of nitrogens with zero attached hydrogens (tertiary/aromatic N) is 2. The second-order valence-corrected chi connectivity index (χ2v) is 4.89. The lowest BCUT2D eigenvalue weighted by Crippen LogP contribution is -2.29. The molecule has 1 amide bonds. The van der Waals surface area contributed by atoms with Crippen LogP contribution in [0, 0.1) is 6.92 Å². The molecule has 1 unspecified atom stereocenters. The number of amides is 1. The number of rotatable bonds is 2. The van der Waals surface area contributed by atoms with E-state index in [0.717, 1.165) is 4.57 Å². The molecule has 0 spiro atoms. The van der Waals surface area contributed by atoms with Gasteiger partial charge in [0.1, 0.15) is 0 Å². The van der Waals surface area contributed by atoms with Gasteiger partial charge in [0, 0.05) is 18.8 Å². The van der Waals surface area contributed by atoms with Crippen molar-refractivity contribution in [1.82, 2.24) is 9.55 Å². The van der Waals surface area contributed by atoms with E-state index in [4.69, 9.17) is 10.5 Å². The van der Waals surface area contributed by atoms with Crippen LogP contribution in [0.2, 0.25) is 0 Å². The number of alkyl halides is 2. The number of ether oxygens (including phenoxy) is 1. The molecule has 1 aliphatic carbocycles. The Morgan fingerprint density at radius 3 is 2.79 bits per heavy atom. The summed E-state index contributed by atoms with van der Waals surface area (Å²) in [6.07, 6.45) is 0.627. The number of primary amides is 1. The van der Waals surface area contributed by atoms with Gasteiger partial charge in [-0.1, -0.05) is 0 Å². The van der Waals surface area contributed by atoms with Crippen molar-refractivity contribution in [2.24, 2.45) is 5.73 Å². The summed E-state index contributed by atoms with van der Waals surface area (Å²) < 4.78 is 33.1. The summed E-state index contributed by atoms with van der Waals surface area (Å²) in [4.78, 5) is 15.6. The highest BCUT2D eigenvalue weighted by atomic mass is 19.3. The number of hydrogen-bond donors (Lipinski definition) is 1. The number of aromatic nitrogens is 2. The van der Waals surface area contributed by atoms with Crippen LogP contribution in [-0.4, -0.2) is 28.6 Å². The molecule has 2 rings (SSSR count). The Kier molecular flexibility index (Phi) is 3.47. The van der Waals surface area contributed by atoms with E-state index in [1.165, 1.54) is 7.11 Å². The Bertz CT molecular complexity index is 499. The van der Waals surface area contributed by atoms with Crippen LogP contribution in [0.25, 0.3) is 0 Å². The molecule has 0 radical (unpaired) electrons. The fourth-order valence-electron chi connectivity index (χ4n) is 2.75. The predicted molar refractivity (Wildman–Crippen MR) is 64.7 cm³/mol. The van der Waals surface area contributed by atoms with Crippen LogP contribution in [0.1, 0.15) is 43.0 Å². The van der Waals surface area contributed by atoms with Gasteiger partial charge in [-0.05, 0) is 19.8 Å². The second-order valence-electron chi connectivity index (χ2n) is 4.89. The summed E-state index contributed by atoms with van der Waals surface area (Å²) in [6.45, 7) is 1.67. The average Bonchev–Trinajstić information content (AvgIpc) is 2.64. The smallest absolute Gasteiger partial charge is 0.327 e. The number of methoxy groups -OCH3 is 1. The molecular formula is C12H17F2N3O2. The third-order valence-electron chi connectivity index (χ3n) is 3.50. The van der Waals surface area contributed by atoms with Crippen LogP contribution < -0.4 is 10.5 Å². The Morgan fingerprint density at radius 1 is 1.58 bits per heavy atom. The Balaban J connectivity index is 2.44. The van der Waals surface area contributed by atoms with E-state index >= 15 is 0 Å². The topological polar surface area (TPSA) is 70.1 Å². The molecule has 0 saturated heterocycles. The molecule has 0 bridgehead atoms. The van der Waals surface area contributed by atoms with E-state index in [9.17, 15) is 13.6 Å². The first-order valence-electron chi connectivity index (χ1n) is 6.16. The summed E-state index contributed by atoms with van der Waals surface area (Å²) in [6, 6.07) is -0.713. The van der Waals surface area contributed by atoms with Crippen LogP contribution in [0.4, 0.5) is 13.6 Å². The molecule has 1 heterocycles. The molecule has 5 nitrogen and oxygen atoms in total. The lowest BCUT2D eigenvalue weighted by atomic mass is 9.83. The van der Waals surface area contributed by atoms with E-state index in [-0.39, 0.29) is 18.9 Å². The molecule has 1 fully saturated rings. The first kappa shape index (κ1) is 13.8. The molecule has 0 aliphatic heterocycles. The number of halogens is 2. The molecule has 0 aromatic carbocycles. The monoisotopic (exact) mass is 273 g/mol. The summed E-state index contributed by atoms with van der Waals surface area (Å²) in [5.74, 6) is -3.12. The van der Waals surface area contributed by atoms with Crippen molar-refractivity contribution in [2.75, 3.05) is 7.11 Å². The van der Waals surface area contributed by atoms with Gasteiger partial charge in [-0.3, -0.25) is 0 Å². The number of aryl methyl sites for hydroxylation is 1. The highest BCUT2D eigenvalue weighted by molar-refractivity contribution is 5.77. The lowest BCUT2D eigenvalue weighted by molar-refractivity contribution is -0.0415. The van der Waals surface area contributed by atoms with Gasteiger partial charge in [-0.2, -0.15) is 4.98 Å². The van der Waals surface area contributed by atoms with Gasteiger partial charge in [0.2, 0.25) is 5.92 Å². The molecule has 1 aromatic rings. The fraction of sp³-hybridized carbons (Fsp3) is 0.667. The van der Waals surface area contributed by atoms with Gasteiger partial charge in [-0.15, -0.1) is 0 Å². The van der Waals surface area contributed by atoms with E-state index in [2.05, 4.69) is 4.98 Å². The number of carbonyl (C=O) groups excluding carboxylic acids is 1. The molecule has 1 saturated carbocycles. The number of nitrogens with two attached hydrogens (primary N) is 1. The molecule has 1 aromatic heterocycles. The van der Waals surface area contributed by atoms with Crippen LogP contribution in [-0.2, 0) is 0 Å². The number of carbonyl (C=O) groups is 1. The highest BCUT2D eigenvalue weighted by Gasteiger charge is 2.39. The second kappa shape index (κ2) is 4.79. The summed E-state index contributed by atoms with van der Waals surface area (Å²) >= 11 is 0. The Hall–Kier alpha value is -1.66. The van der Waals surface area contributed by atoms with Gasteiger partial charge >= 0.3 is 12.0 Å².